The molecule has 0 aromatic heterocycles. The Morgan fingerprint density at radius 2 is 2.00 bits per heavy atom. The minimum absolute atomic E-state index is 0.580. The maximum atomic E-state index is 5.84. The number of nitrogens with zero attached hydrogens (tertiary/aromatic N) is 1. The van der Waals surface area contributed by atoms with Gasteiger partial charge in [0.05, 0.1) is 7.11 Å². The van der Waals surface area contributed by atoms with Crippen molar-refractivity contribution in [3.05, 3.63) is 23.8 Å². The Kier molecular flexibility index (Phi) is 4.48. The van der Waals surface area contributed by atoms with E-state index in [4.69, 9.17) is 10.5 Å². The van der Waals surface area contributed by atoms with E-state index in [0.717, 1.165) is 5.75 Å². The molecule has 0 atom stereocenters. The molecule has 0 saturated heterocycles. The third kappa shape index (κ3) is 2.78. The molecule has 1 saturated carbocycles. The SMILES string of the molecule is COc1ccc(CN)c(N(C)C2CCCCC2)c1. The number of hydrogen-bond acceptors (Lipinski definition) is 3. The second-order valence-corrected chi connectivity index (χ2v) is 5.10. The van der Waals surface area contributed by atoms with Crippen LogP contribution in [0.4, 0.5) is 5.69 Å². The average molecular weight is 248 g/mol. The normalized spacial score (nSPS) is 16.6. The van der Waals surface area contributed by atoms with Crippen molar-refractivity contribution < 1.29 is 4.74 Å². The quantitative estimate of drug-likeness (QED) is 0.890. The molecule has 0 aliphatic heterocycles. The van der Waals surface area contributed by atoms with Crippen LogP contribution in [0.5, 0.6) is 5.75 Å². The van der Waals surface area contributed by atoms with E-state index in [-0.39, 0.29) is 0 Å². The maximum Gasteiger partial charge on any atom is 0.120 e. The van der Waals surface area contributed by atoms with Gasteiger partial charge in [-0.25, -0.2) is 0 Å². The number of methoxy groups -OCH3 is 1. The Bertz CT molecular complexity index is 386. The molecule has 1 aliphatic rings. The lowest BCUT2D eigenvalue weighted by molar-refractivity contribution is 0.412. The summed E-state index contributed by atoms with van der Waals surface area (Å²) in [6, 6.07) is 6.82. The van der Waals surface area contributed by atoms with Crippen LogP contribution in [0.1, 0.15) is 37.7 Å². The van der Waals surface area contributed by atoms with Gasteiger partial charge in [0.2, 0.25) is 0 Å². The molecule has 0 spiro atoms. The zero-order valence-electron chi connectivity index (χ0n) is 11.5. The van der Waals surface area contributed by atoms with Crippen molar-refractivity contribution >= 4 is 5.69 Å². The summed E-state index contributed by atoms with van der Waals surface area (Å²) in [5, 5.41) is 0. The summed E-state index contributed by atoms with van der Waals surface area (Å²) in [5.41, 5.74) is 8.27. The molecule has 0 unspecified atom stereocenters. The molecule has 1 aliphatic carbocycles. The highest BCUT2D eigenvalue weighted by Crippen LogP contribution is 2.30. The molecule has 100 valence electrons. The van der Waals surface area contributed by atoms with Crippen molar-refractivity contribution in [3.63, 3.8) is 0 Å². The lowest BCUT2D eigenvalue weighted by Crippen LogP contribution is -2.34. The van der Waals surface area contributed by atoms with Gasteiger partial charge in [0.15, 0.2) is 0 Å². The van der Waals surface area contributed by atoms with E-state index in [9.17, 15) is 0 Å². The van der Waals surface area contributed by atoms with Crippen LogP contribution in [0, 0.1) is 0 Å². The number of ether oxygens (including phenoxy) is 1. The van der Waals surface area contributed by atoms with Crippen molar-refractivity contribution in [1.82, 2.24) is 0 Å². The maximum absolute atomic E-state index is 5.84. The predicted molar refractivity (Wildman–Crippen MR) is 76.2 cm³/mol. The third-order valence-electron chi connectivity index (χ3n) is 4.01. The average Bonchev–Trinajstić information content (AvgIpc) is 2.46. The Labute approximate surface area is 110 Å². The first-order valence-corrected chi connectivity index (χ1v) is 6.86. The lowest BCUT2D eigenvalue weighted by Gasteiger charge is -2.34. The molecule has 1 aromatic carbocycles. The highest BCUT2D eigenvalue weighted by molar-refractivity contribution is 5.57. The fourth-order valence-corrected chi connectivity index (χ4v) is 2.84. The molecular formula is C15H24N2O. The Morgan fingerprint density at radius 1 is 1.28 bits per heavy atom. The largest absolute Gasteiger partial charge is 0.497 e. The van der Waals surface area contributed by atoms with E-state index in [2.05, 4.69) is 24.1 Å². The smallest absolute Gasteiger partial charge is 0.120 e. The second kappa shape index (κ2) is 6.10. The summed E-state index contributed by atoms with van der Waals surface area (Å²) in [6.07, 6.45) is 6.65. The summed E-state index contributed by atoms with van der Waals surface area (Å²) in [5.74, 6) is 0.907. The molecule has 3 nitrogen and oxygen atoms in total. The van der Waals surface area contributed by atoms with E-state index in [1.165, 1.54) is 43.4 Å². The van der Waals surface area contributed by atoms with Gasteiger partial charge in [0, 0.05) is 31.4 Å². The molecule has 2 rings (SSSR count). The van der Waals surface area contributed by atoms with E-state index < -0.39 is 0 Å². The van der Waals surface area contributed by atoms with Crippen LogP contribution in [-0.2, 0) is 6.54 Å². The Morgan fingerprint density at radius 3 is 2.61 bits per heavy atom. The van der Waals surface area contributed by atoms with Crippen LogP contribution >= 0.6 is 0 Å². The zero-order chi connectivity index (χ0) is 13.0. The minimum atomic E-state index is 0.580. The van der Waals surface area contributed by atoms with Crippen LogP contribution in [0.3, 0.4) is 0 Å². The lowest BCUT2D eigenvalue weighted by atomic mass is 9.93. The Balaban J connectivity index is 2.23. The highest BCUT2D eigenvalue weighted by Gasteiger charge is 2.20. The molecule has 18 heavy (non-hydrogen) atoms. The van der Waals surface area contributed by atoms with Crippen LogP contribution in [0.25, 0.3) is 0 Å². The molecule has 1 fully saturated rings. The Hall–Kier alpha value is -1.22. The number of rotatable bonds is 4. The van der Waals surface area contributed by atoms with Crippen molar-refractivity contribution in [2.75, 3.05) is 19.1 Å². The number of hydrogen-bond donors (Lipinski definition) is 1. The molecule has 0 radical (unpaired) electrons. The third-order valence-corrected chi connectivity index (χ3v) is 4.01. The van der Waals surface area contributed by atoms with E-state index in [1.807, 2.05) is 6.07 Å². The standard InChI is InChI=1S/C15H24N2O/c1-17(13-6-4-3-5-7-13)15-10-14(18-2)9-8-12(15)11-16/h8-10,13H,3-7,11,16H2,1-2H3. The molecule has 0 amide bonds. The monoisotopic (exact) mass is 248 g/mol. The molecule has 0 bridgehead atoms. The summed E-state index contributed by atoms with van der Waals surface area (Å²) >= 11 is 0. The summed E-state index contributed by atoms with van der Waals surface area (Å²) in [6.45, 7) is 0.580. The molecule has 0 heterocycles. The van der Waals surface area contributed by atoms with Crippen molar-refractivity contribution in [3.8, 4) is 5.75 Å². The van der Waals surface area contributed by atoms with Crippen molar-refractivity contribution in [2.24, 2.45) is 5.73 Å². The van der Waals surface area contributed by atoms with Gasteiger partial charge in [0.25, 0.3) is 0 Å². The van der Waals surface area contributed by atoms with E-state index in [0.29, 0.717) is 12.6 Å². The van der Waals surface area contributed by atoms with Gasteiger partial charge < -0.3 is 15.4 Å². The van der Waals surface area contributed by atoms with Gasteiger partial charge in [-0.2, -0.15) is 0 Å². The predicted octanol–water partition coefficient (Wildman–Crippen LogP) is 2.92. The van der Waals surface area contributed by atoms with Crippen molar-refractivity contribution in [2.45, 2.75) is 44.7 Å². The van der Waals surface area contributed by atoms with Crippen LogP contribution in [-0.4, -0.2) is 20.2 Å². The first-order chi connectivity index (χ1) is 8.76. The van der Waals surface area contributed by atoms with Gasteiger partial charge in [-0.1, -0.05) is 25.3 Å². The summed E-state index contributed by atoms with van der Waals surface area (Å²) < 4.78 is 5.32. The van der Waals surface area contributed by atoms with Gasteiger partial charge in [-0.3, -0.25) is 0 Å². The van der Waals surface area contributed by atoms with E-state index >= 15 is 0 Å². The summed E-state index contributed by atoms with van der Waals surface area (Å²) in [7, 11) is 3.89. The van der Waals surface area contributed by atoms with Crippen LogP contribution in [0.2, 0.25) is 0 Å². The topological polar surface area (TPSA) is 38.5 Å². The molecule has 3 heteroatoms. The number of benzene rings is 1. The van der Waals surface area contributed by atoms with Gasteiger partial charge in [-0.05, 0) is 24.5 Å². The molecule has 1 aromatic rings. The van der Waals surface area contributed by atoms with Gasteiger partial charge in [-0.15, -0.1) is 0 Å². The van der Waals surface area contributed by atoms with Crippen molar-refractivity contribution in [1.29, 1.82) is 0 Å². The van der Waals surface area contributed by atoms with E-state index in [1.54, 1.807) is 7.11 Å². The number of anilines is 1. The number of nitrogens with two attached hydrogens (primary N) is 1. The first kappa shape index (κ1) is 13.2. The molecular weight excluding hydrogens is 224 g/mol. The van der Waals surface area contributed by atoms with Gasteiger partial charge in [0.1, 0.15) is 5.75 Å². The fourth-order valence-electron chi connectivity index (χ4n) is 2.84. The van der Waals surface area contributed by atoms with Crippen LogP contribution < -0.4 is 15.4 Å². The van der Waals surface area contributed by atoms with Crippen LogP contribution in [0.15, 0.2) is 18.2 Å². The first-order valence-electron chi connectivity index (χ1n) is 6.86. The minimum Gasteiger partial charge on any atom is -0.497 e. The zero-order valence-corrected chi connectivity index (χ0v) is 11.5. The second-order valence-electron chi connectivity index (χ2n) is 5.10. The van der Waals surface area contributed by atoms with Gasteiger partial charge >= 0.3 is 0 Å². The fraction of sp³-hybridized carbons (Fsp3) is 0.600. The highest BCUT2D eigenvalue weighted by atomic mass is 16.5. The summed E-state index contributed by atoms with van der Waals surface area (Å²) in [4.78, 5) is 2.39. The molecule has 2 N–H and O–H groups in total.